The molecule has 0 bridgehead atoms. The summed E-state index contributed by atoms with van der Waals surface area (Å²) >= 11 is 2.52. The maximum atomic E-state index is 12.3. The second-order valence-electron chi connectivity index (χ2n) is 5.42. The average molecular weight is 422 g/mol. The predicted molar refractivity (Wildman–Crippen MR) is 106 cm³/mol. The molecule has 0 spiro atoms. The summed E-state index contributed by atoms with van der Waals surface area (Å²) in [6, 6.07) is 9.29. The fourth-order valence-corrected chi connectivity index (χ4v) is 4.66. The average Bonchev–Trinajstić information content (AvgIpc) is 3.33. The van der Waals surface area contributed by atoms with Crippen molar-refractivity contribution in [2.45, 2.75) is 17.7 Å². The summed E-state index contributed by atoms with van der Waals surface area (Å²) < 4.78 is 26.9. The van der Waals surface area contributed by atoms with Gasteiger partial charge in [-0.2, -0.15) is 0 Å². The lowest BCUT2D eigenvalue weighted by molar-refractivity contribution is -0.116. The number of rotatable bonds is 8. The van der Waals surface area contributed by atoms with Gasteiger partial charge in [-0.1, -0.05) is 6.07 Å². The summed E-state index contributed by atoms with van der Waals surface area (Å²) in [5.74, 6) is -0.383. The summed E-state index contributed by atoms with van der Waals surface area (Å²) in [5, 5.41) is 6.41. The van der Waals surface area contributed by atoms with Gasteiger partial charge in [0.1, 0.15) is 0 Å². The summed E-state index contributed by atoms with van der Waals surface area (Å²) in [6.07, 6.45) is 1.68. The molecule has 7 nitrogen and oxygen atoms in total. The van der Waals surface area contributed by atoms with Gasteiger partial charge in [-0.25, -0.2) is 13.4 Å². The number of ketones is 1. The Bertz CT molecular complexity index is 1010. The number of carbonyl (C=O) groups is 2. The number of hydrogen-bond acceptors (Lipinski definition) is 7. The van der Waals surface area contributed by atoms with Crippen molar-refractivity contribution in [2.24, 2.45) is 0 Å². The van der Waals surface area contributed by atoms with Crippen LogP contribution in [-0.4, -0.2) is 25.1 Å². The van der Waals surface area contributed by atoms with E-state index >= 15 is 0 Å². The van der Waals surface area contributed by atoms with Crippen LogP contribution in [0.5, 0.6) is 0 Å². The van der Waals surface area contributed by atoms with Crippen LogP contribution in [0.4, 0.5) is 10.8 Å². The SMILES string of the molecule is O=C(CCC(=O)c1cccs1)Nc1ccc(S(=O)(=O)Nc2nccs2)cc1. The lowest BCUT2D eigenvalue weighted by Crippen LogP contribution is -2.14. The molecule has 0 saturated heterocycles. The van der Waals surface area contributed by atoms with Gasteiger partial charge in [0.15, 0.2) is 10.9 Å². The Morgan fingerprint density at radius 2 is 1.78 bits per heavy atom. The molecule has 0 fully saturated rings. The summed E-state index contributed by atoms with van der Waals surface area (Å²) in [7, 11) is -3.73. The number of nitrogens with zero attached hydrogens (tertiary/aromatic N) is 1. The van der Waals surface area contributed by atoms with Gasteiger partial charge in [0.25, 0.3) is 10.0 Å². The third-order valence-electron chi connectivity index (χ3n) is 3.48. The van der Waals surface area contributed by atoms with Gasteiger partial charge in [0.2, 0.25) is 5.91 Å². The Kier molecular flexibility index (Phi) is 5.99. The minimum absolute atomic E-state index is 0.0579. The largest absolute Gasteiger partial charge is 0.326 e. The first-order chi connectivity index (χ1) is 12.9. The molecule has 140 valence electrons. The van der Waals surface area contributed by atoms with E-state index in [1.54, 1.807) is 17.5 Å². The fraction of sp³-hybridized carbons (Fsp3) is 0.118. The Balaban J connectivity index is 1.55. The molecule has 1 aromatic carbocycles. The maximum absolute atomic E-state index is 12.3. The second-order valence-corrected chi connectivity index (χ2v) is 8.94. The van der Waals surface area contributed by atoms with Crippen molar-refractivity contribution in [3.8, 4) is 0 Å². The van der Waals surface area contributed by atoms with Crippen LogP contribution in [0.2, 0.25) is 0 Å². The van der Waals surface area contributed by atoms with Crippen molar-refractivity contribution in [2.75, 3.05) is 10.0 Å². The van der Waals surface area contributed by atoms with Gasteiger partial charge in [-0.15, -0.1) is 22.7 Å². The molecule has 2 N–H and O–H groups in total. The molecule has 27 heavy (non-hydrogen) atoms. The molecule has 2 aromatic heterocycles. The van der Waals surface area contributed by atoms with Gasteiger partial charge in [0.05, 0.1) is 9.77 Å². The highest BCUT2D eigenvalue weighted by Crippen LogP contribution is 2.20. The normalized spacial score (nSPS) is 11.1. The molecule has 1 amide bonds. The van der Waals surface area contributed by atoms with Crippen LogP contribution in [0, 0.1) is 0 Å². The first-order valence-corrected chi connectivity index (χ1v) is 11.1. The van der Waals surface area contributed by atoms with E-state index in [0.29, 0.717) is 10.6 Å². The van der Waals surface area contributed by atoms with E-state index in [-0.39, 0.29) is 34.6 Å². The van der Waals surface area contributed by atoms with Crippen LogP contribution in [0.1, 0.15) is 22.5 Å². The lowest BCUT2D eigenvalue weighted by atomic mass is 10.2. The molecule has 0 radical (unpaired) electrons. The van der Waals surface area contributed by atoms with E-state index in [4.69, 9.17) is 0 Å². The van der Waals surface area contributed by atoms with Gasteiger partial charge in [0, 0.05) is 30.1 Å². The molecular formula is C17H15N3O4S3. The van der Waals surface area contributed by atoms with Crippen molar-refractivity contribution in [3.63, 3.8) is 0 Å². The van der Waals surface area contributed by atoms with Gasteiger partial charge >= 0.3 is 0 Å². The van der Waals surface area contributed by atoms with E-state index < -0.39 is 10.0 Å². The molecule has 0 aliphatic heterocycles. The third kappa shape index (κ3) is 5.22. The molecule has 3 rings (SSSR count). The Labute approximate surface area is 164 Å². The Hall–Kier alpha value is -2.56. The molecule has 3 aromatic rings. The second kappa shape index (κ2) is 8.42. The molecule has 0 unspecified atom stereocenters. The first kappa shape index (κ1) is 19.2. The number of hydrogen-bond donors (Lipinski definition) is 2. The summed E-state index contributed by atoms with van der Waals surface area (Å²) in [6.45, 7) is 0. The van der Waals surface area contributed by atoms with Crippen molar-refractivity contribution in [1.29, 1.82) is 0 Å². The van der Waals surface area contributed by atoms with E-state index in [2.05, 4.69) is 15.0 Å². The molecule has 2 heterocycles. The zero-order chi connectivity index (χ0) is 19.3. The summed E-state index contributed by atoms with van der Waals surface area (Å²) in [4.78, 5) is 28.5. The Morgan fingerprint density at radius 1 is 1.00 bits per heavy atom. The van der Waals surface area contributed by atoms with Crippen LogP contribution < -0.4 is 10.0 Å². The maximum Gasteiger partial charge on any atom is 0.263 e. The van der Waals surface area contributed by atoms with Crippen molar-refractivity contribution < 1.29 is 18.0 Å². The van der Waals surface area contributed by atoms with Crippen LogP contribution in [0.3, 0.4) is 0 Å². The lowest BCUT2D eigenvalue weighted by Gasteiger charge is -2.08. The van der Waals surface area contributed by atoms with Crippen LogP contribution >= 0.6 is 22.7 Å². The number of anilines is 2. The van der Waals surface area contributed by atoms with Crippen LogP contribution in [0.25, 0.3) is 0 Å². The number of benzene rings is 1. The minimum atomic E-state index is -3.73. The molecular weight excluding hydrogens is 406 g/mol. The van der Waals surface area contributed by atoms with Crippen LogP contribution in [-0.2, 0) is 14.8 Å². The number of aromatic nitrogens is 1. The number of sulfonamides is 1. The topological polar surface area (TPSA) is 105 Å². The van der Waals surface area contributed by atoms with Gasteiger partial charge < -0.3 is 5.32 Å². The number of thiazole rings is 1. The van der Waals surface area contributed by atoms with E-state index in [1.807, 2.05) is 5.38 Å². The van der Waals surface area contributed by atoms with Gasteiger partial charge in [-0.3, -0.25) is 14.3 Å². The quantitative estimate of drug-likeness (QED) is 0.541. The van der Waals surface area contributed by atoms with Crippen LogP contribution in [0.15, 0.2) is 58.3 Å². The molecule has 0 saturated carbocycles. The zero-order valence-electron chi connectivity index (χ0n) is 13.9. The molecule has 0 aliphatic carbocycles. The molecule has 0 aliphatic rings. The van der Waals surface area contributed by atoms with Crippen molar-refractivity contribution in [1.82, 2.24) is 4.98 Å². The molecule has 0 atom stereocenters. The monoisotopic (exact) mass is 421 g/mol. The minimum Gasteiger partial charge on any atom is -0.326 e. The van der Waals surface area contributed by atoms with E-state index in [9.17, 15) is 18.0 Å². The highest BCUT2D eigenvalue weighted by molar-refractivity contribution is 7.93. The third-order valence-corrected chi connectivity index (χ3v) is 6.56. The highest BCUT2D eigenvalue weighted by Gasteiger charge is 2.16. The summed E-state index contributed by atoms with van der Waals surface area (Å²) in [5.41, 5.74) is 0.455. The number of thiophene rings is 1. The van der Waals surface area contributed by atoms with Gasteiger partial charge in [-0.05, 0) is 35.7 Å². The fourth-order valence-electron chi connectivity index (χ4n) is 2.18. The number of amides is 1. The smallest absolute Gasteiger partial charge is 0.263 e. The zero-order valence-corrected chi connectivity index (χ0v) is 16.4. The van der Waals surface area contributed by atoms with Crippen molar-refractivity contribution in [3.05, 3.63) is 58.2 Å². The van der Waals surface area contributed by atoms with E-state index in [1.165, 1.54) is 53.1 Å². The van der Waals surface area contributed by atoms with E-state index in [0.717, 1.165) is 0 Å². The number of nitrogens with one attached hydrogen (secondary N) is 2. The highest BCUT2D eigenvalue weighted by atomic mass is 32.2. The first-order valence-electron chi connectivity index (χ1n) is 7.83. The Morgan fingerprint density at radius 3 is 2.41 bits per heavy atom. The standard InChI is InChI=1S/C17H15N3O4S3/c21-14(15-2-1-10-25-15)7-8-16(22)19-12-3-5-13(6-4-12)27(23,24)20-17-18-9-11-26-17/h1-6,9-11H,7-8H2,(H,18,20)(H,19,22). The molecule has 10 heteroatoms. The number of carbonyl (C=O) groups excluding carboxylic acids is 2. The predicted octanol–water partition coefficient (Wildman–Crippen LogP) is 3.61. The number of Topliss-reactive ketones (excluding diaryl/α,β-unsaturated/α-hetero) is 1. The van der Waals surface area contributed by atoms with Crippen molar-refractivity contribution >= 4 is 55.2 Å².